The van der Waals surface area contributed by atoms with Gasteiger partial charge in [0.15, 0.2) is 11.6 Å². The van der Waals surface area contributed by atoms with Gasteiger partial charge in [0, 0.05) is 12.6 Å². The monoisotopic (exact) mass is 332 g/mol. The van der Waals surface area contributed by atoms with Gasteiger partial charge in [0.2, 0.25) is 5.91 Å². The van der Waals surface area contributed by atoms with Gasteiger partial charge in [-0.15, -0.1) is 0 Å². The normalized spacial score (nSPS) is 21.6. The van der Waals surface area contributed by atoms with Gasteiger partial charge in [0.1, 0.15) is 6.04 Å². The molecule has 4 nitrogen and oxygen atoms in total. The van der Waals surface area contributed by atoms with Gasteiger partial charge in [-0.2, -0.15) is 0 Å². The van der Waals surface area contributed by atoms with Crippen LogP contribution in [0.3, 0.4) is 0 Å². The molecular formula is C18H18F2N2O2. The highest BCUT2D eigenvalue weighted by Crippen LogP contribution is 2.31. The fourth-order valence-corrected chi connectivity index (χ4v) is 2.98. The number of ether oxygens (including phenoxy) is 1. The van der Waals surface area contributed by atoms with Gasteiger partial charge in [-0.1, -0.05) is 36.4 Å². The highest BCUT2D eigenvalue weighted by atomic mass is 19.2. The highest BCUT2D eigenvalue weighted by molar-refractivity contribution is 5.81. The van der Waals surface area contributed by atoms with Crippen molar-refractivity contribution in [2.24, 2.45) is 5.73 Å². The van der Waals surface area contributed by atoms with Crippen LogP contribution < -0.4 is 11.1 Å². The van der Waals surface area contributed by atoms with Crippen LogP contribution in [-0.2, 0) is 9.53 Å². The van der Waals surface area contributed by atoms with E-state index in [-0.39, 0.29) is 6.04 Å². The number of carbonyl (C=O) groups excluding carboxylic acids is 1. The van der Waals surface area contributed by atoms with Crippen LogP contribution in [0.25, 0.3) is 0 Å². The second-order valence-corrected chi connectivity index (χ2v) is 5.77. The van der Waals surface area contributed by atoms with Crippen LogP contribution in [-0.4, -0.2) is 18.6 Å². The molecule has 24 heavy (non-hydrogen) atoms. The van der Waals surface area contributed by atoms with E-state index < -0.39 is 29.7 Å². The molecule has 1 aliphatic heterocycles. The maximum absolute atomic E-state index is 13.5. The minimum atomic E-state index is -0.920. The number of primary amides is 1. The van der Waals surface area contributed by atoms with E-state index in [2.05, 4.69) is 5.32 Å². The first-order valence-electron chi connectivity index (χ1n) is 7.73. The molecule has 1 aliphatic rings. The van der Waals surface area contributed by atoms with Crippen molar-refractivity contribution in [3.8, 4) is 0 Å². The first kappa shape index (κ1) is 16.5. The van der Waals surface area contributed by atoms with Crippen molar-refractivity contribution in [1.29, 1.82) is 0 Å². The molecule has 3 atom stereocenters. The molecule has 126 valence electrons. The summed E-state index contributed by atoms with van der Waals surface area (Å²) in [5.74, 6) is -2.33. The molecule has 0 aliphatic carbocycles. The summed E-state index contributed by atoms with van der Waals surface area (Å²) >= 11 is 0. The van der Waals surface area contributed by atoms with Crippen LogP contribution in [0, 0.1) is 11.6 Å². The maximum Gasteiger partial charge on any atom is 0.239 e. The van der Waals surface area contributed by atoms with Crippen LogP contribution in [0.5, 0.6) is 0 Å². The summed E-state index contributed by atoms with van der Waals surface area (Å²) in [6, 6.07) is 11.9. The van der Waals surface area contributed by atoms with Gasteiger partial charge >= 0.3 is 0 Å². The summed E-state index contributed by atoms with van der Waals surface area (Å²) in [4.78, 5) is 11.8. The molecule has 0 unspecified atom stereocenters. The molecule has 2 aromatic carbocycles. The zero-order valence-electron chi connectivity index (χ0n) is 12.9. The number of amides is 1. The van der Waals surface area contributed by atoms with Crippen molar-refractivity contribution in [1.82, 2.24) is 5.32 Å². The number of halogens is 2. The van der Waals surface area contributed by atoms with E-state index in [0.717, 1.165) is 17.7 Å². The number of rotatable bonds is 5. The second kappa shape index (κ2) is 7.07. The number of benzene rings is 2. The fraction of sp³-hybridized carbons (Fsp3) is 0.278. The van der Waals surface area contributed by atoms with Crippen LogP contribution in [0.4, 0.5) is 8.78 Å². The predicted octanol–water partition coefficient (Wildman–Crippen LogP) is 2.61. The van der Waals surface area contributed by atoms with Gasteiger partial charge in [-0.05, 0) is 29.7 Å². The summed E-state index contributed by atoms with van der Waals surface area (Å²) in [5, 5.41) is 3.20. The minimum Gasteiger partial charge on any atom is -0.372 e. The molecule has 1 saturated heterocycles. The summed E-state index contributed by atoms with van der Waals surface area (Å²) < 4.78 is 32.3. The Morgan fingerprint density at radius 1 is 1.17 bits per heavy atom. The Kier molecular flexibility index (Phi) is 4.87. The fourth-order valence-electron chi connectivity index (χ4n) is 2.98. The van der Waals surface area contributed by atoms with E-state index in [1.807, 2.05) is 30.3 Å². The third-order valence-electron chi connectivity index (χ3n) is 4.16. The number of hydrogen-bond donors (Lipinski definition) is 2. The largest absolute Gasteiger partial charge is 0.372 e. The molecule has 0 aromatic heterocycles. The molecule has 0 bridgehead atoms. The smallest absolute Gasteiger partial charge is 0.239 e. The number of nitrogens with one attached hydrogen (secondary N) is 1. The van der Waals surface area contributed by atoms with Crippen LogP contribution in [0.2, 0.25) is 0 Å². The number of carbonyl (C=O) groups is 1. The molecule has 1 heterocycles. The van der Waals surface area contributed by atoms with Crippen molar-refractivity contribution in [2.45, 2.75) is 24.6 Å². The quantitative estimate of drug-likeness (QED) is 0.885. The Balaban J connectivity index is 1.82. The van der Waals surface area contributed by atoms with Crippen LogP contribution in [0.1, 0.15) is 29.7 Å². The van der Waals surface area contributed by atoms with Crippen LogP contribution >= 0.6 is 0 Å². The number of nitrogens with two attached hydrogens (primary N) is 1. The first-order valence-corrected chi connectivity index (χ1v) is 7.73. The average Bonchev–Trinajstić information content (AvgIpc) is 3.04. The van der Waals surface area contributed by atoms with E-state index in [9.17, 15) is 13.6 Å². The molecule has 6 heteroatoms. The second-order valence-electron chi connectivity index (χ2n) is 5.77. The Morgan fingerprint density at radius 3 is 2.58 bits per heavy atom. The minimum absolute atomic E-state index is 0.229. The van der Waals surface area contributed by atoms with Gasteiger partial charge in [-0.3, -0.25) is 10.1 Å². The Bertz CT molecular complexity index is 724. The molecular weight excluding hydrogens is 314 g/mol. The van der Waals surface area contributed by atoms with Crippen molar-refractivity contribution in [2.75, 3.05) is 6.61 Å². The van der Waals surface area contributed by atoms with Gasteiger partial charge in [0.25, 0.3) is 0 Å². The molecule has 3 N–H and O–H groups in total. The molecule has 0 spiro atoms. The van der Waals surface area contributed by atoms with Gasteiger partial charge in [-0.25, -0.2) is 8.78 Å². The lowest BCUT2D eigenvalue weighted by molar-refractivity contribution is -0.120. The summed E-state index contributed by atoms with van der Waals surface area (Å²) in [6.07, 6.45) is 0.172. The topological polar surface area (TPSA) is 64.4 Å². The van der Waals surface area contributed by atoms with Crippen molar-refractivity contribution >= 4 is 5.91 Å². The lowest BCUT2D eigenvalue weighted by Gasteiger charge is -2.25. The molecule has 0 radical (unpaired) electrons. The molecule has 1 amide bonds. The predicted molar refractivity (Wildman–Crippen MR) is 85.0 cm³/mol. The Labute approximate surface area is 138 Å². The van der Waals surface area contributed by atoms with Crippen molar-refractivity contribution in [3.05, 3.63) is 71.3 Å². The molecule has 1 fully saturated rings. The molecule has 0 saturated carbocycles. The van der Waals surface area contributed by atoms with Gasteiger partial charge < -0.3 is 10.5 Å². The molecule has 2 aromatic rings. The Morgan fingerprint density at radius 2 is 1.92 bits per heavy atom. The zero-order chi connectivity index (χ0) is 17.1. The standard InChI is InChI=1S/C18H18F2N2O2/c19-13-7-6-12(10-14(13)20)17-15(8-9-24-17)22-16(18(21)23)11-4-2-1-3-5-11/h1-7,10,15-17,22H,8-9H2,(H2,21,23)/t15-,16+,17+/m0/s1. The Hall–Kier alpha value is -2.31. The lowest BCUT2D eigenvalue weighted by Crippen LogP contribution is -2.41. The highest BCUT2D eigenvalue weighted by Gasteiger charge is 2.33. The van der Waals surface area contributed by atoms with E-state index >= 15 is 0 Å². The SMILES string of the molecule is NC(=O)[C@H](N[C@H]1CCO[C@@H]1c1ccc(F)c(F)c1)c1ccccc1. The van der Waals surface area contributed by atoms with Gasteiger partial charge in [0.05, 0.1) is 6.10 Å². The average molecular weight is 332 g/mol. The maximum atomic E-state index is 13.5. The summed E-state index contributed by atoms with van der Waals surface area (Å²) in [7, 11) is 0. The zero-order valence-corrected chi connectivity index (χ0v) is 12.9. The van der Waals surface area contributed by atoms with E-state index in [4.69, 9.17) is 10.5 Å². The van der Waals surface area contributed by atoms with Crippen LogP contribution in [0.15, 0.2) is 48.5 Å². The number of hydrogen-bond acceptors (Lipinski definition) is 3. The third kappa shape index (κ3) is 3.44. The molecule has 3 rings (SSSR count). The van der Waals surface area contributed by atoms with E-state index in [0.29, 0.717) is 18.6 Å². The summed E-state index contributed by atoms with van der Waals surface area (Å²) in [5.41, 5.74) is 6.80. The van der Waals surface area contributed by atoms with E-state index in [1.165, 1.54) is 6.07 Å². The first-order chi connectivity index (χ1) is 11.6. The van der Waals surface area contributed by atoms with E-state index in [1.54, 1.807) is 0 Å². The third-order valence-corrected chi connectivity index (χ3v) is 4.16. The summed E-state index contributed by atoms with van der Waals surface area (Å²) in [6.45, 7) is 0.460. The lowest BCUT2D eigenvalue weighted by atomic mass is 9.99. The van der Waals surface area contributed by atoms with Crippen molar-refractivity contribution in [3.63, 3.8) is 0 Å². The van der Waals surface area contributed by atoms with Crippen molar-refractivity contribution < 1.29 is 18.3 Å².